The first-order valence-electron chi connectivity index (χ1n) is 12.8. The van der Waals surface area contributed by atoms with Crippen LogP contribution >= 0.6 is 0 Å². The number of benzene rings is 2. The second kappa shape index (κ2) is 14.8. The van der Waals surface area contributed by atoms with Gasteiger partial charge in [0.15, 0.2) is 0 Å². The summed E-state index contributed by atoms with van der Waals surface area (Å²) >= 11 is 0. The zero-order chi connectivity index (χ0) is 23.2. The Balaban J connectivity index is 1.81. The molecule has 176 valence electrons. The first kappa shape index (κ1) is 26.1. The smallest absolute Gasteiger partial charge is 0.123 e. The van der Waals surface area contributed by atoms with Gasteiger partial charge in [0.2, 0.25) is 0 Å². The van der Waals surface area contributed by atoms with E-state index < -0.39 is 0 Å². The van der Waals surface area contributed by atoms with Crippen molar-refractivity contribution in [1.29, 1.82) is 0 Å². The molecule has 0 atom stereocenters. The van der Waals surface area contributed by atoms with Gasteiger partial charge in [0.05, 0.1) is 18.0 Å². The molecule has 2 aromatic rings. The largest absolute Gasteiger partial charge is 0.493 e. The Morgan fingerprint density at radius 3 is 1.94 bits per heavy atom. The quantitative estimate of drug-likeness (QED) is 0.202. The van der Waals surface area contributed by atoms with Crippen LogP contribution in [0.2, 0.25) is 0 Å². The Hall–Kier alpha value is -2.16. The molecule has 0 unspecified atom stereocenters. The molecule has 0 radical (unpaired) electrons. The molecule has 0 spiro atoms. The zero-order valence-corrected chi connectivity index (χ0v) is 21.1. The Kier molecular flexibility index (Phi) is 12.1. The Morgan fingerprint density at radius 2 is 1.34 bits per heavy atom. The minimum absolute atomic E-state index is 0.381. The zero-order valence-electron chi connectivity index (χ0n) is 21.1. The predicted molar refractivity (Wildman–Crippen MR) is 138 cm³/mol. The van der Waals surface area contributed by atoms with Crippen molar-refractivity contribution in [3.8, 4) is 5.75 Å². The van der Waals surface area contributed by atoms with Crippen molar-refractivity contribution in [2.75, 3.05) is 6.61 Å². The molecule has 0 bridgehead atoms. The van der Waals surface area contributed by atoms with E-state index in [1.165, 1.54) is 68.9 Å². The lowest BCUT2D eigenvalue weighted by atomic mass is 9.99. The average Bonchev–Trinajstić information content (AvgIpc) is 2.77. The van der Waals surface area contributed by atoms with Gasteiger partial charge >= 0.3 is 0 Å². The van der Waals surface area contributed by atoms with Crippen LogP contribution in [0.4, 0.5) is 11.4 Å². The molecule has 0 aliphatic heterocycles. The molecule has 0 aromatic heterocycles. The van der Waals surface area contributed by atoms with Crippen LogP contribution in [0.1, 0.15) is 108 Å². The predicted octanol–water partition coefficient (Wildman–Crippen LogP) is 10.1. The van der Waals surface area contributed by atoms with Gasteiger partial charge in [0, 0.05) is 0 Å². The summed E-state index contributed by atoms with van der Waals surface area (Å²) in [5, 5.41) is 8.95. The monoisotopic (exact) mass is 436 g/mol. The number of hydrogen-bond acceptors (Lipinski definition) is 3. The van der Waals surface area contributed by atoms with Gasteiger partial charge in [-0.3, -0.25) is 0 Å². The minimum Gasteiger partial charge on any atom is -0.493 e. The number of unbranched alkanes of at least 4 members (excludes halogenated alkanes) is 9. The Bertz CT molecular complexity index is 809. The van der Waals surface area contributed by atoms with E-state index in [1.807, 2.05) is 12.1 Å². The molecule has 0 N–H and O–H groups in total. The molecular weight excluding hydrogens is 392 g/mol. The van der Waals surface area contributed by atoms with Crippen molar-refractivity contribution in [2.24, 2.45) is 10.2 Å². The molecule has 3 nitrogen and oxygen atoms in total. The van der Waals surface area contributed by atoms with E-state index in [4.69, 9.17) is 4.74 Å². The second-order valence-electron chi connectivity index (χ2n) is 9.40. The third kappa shape index (κ3) is 9.54. The van der Waals surface area contributed by atoms with Crippen molar-refractivity contribution in [2.45, 2.75) is 105 Å². The van der Waals surface area contributed by atoms with Crippen molar-refractivity contribution in [3.63, 3.8) is 0 Å². The number of azo groups is 1. The Morgan fingerprint density at radius 1 is 0.750 bits per heavy atom. The van der Waals surface area contributed by atoms with E-state index in [2.05, 4.69) is 69.1 Å². The van der Waals surface area contributed by atoms with Crippen LogP contribution in [0.25, 0.3) is 0 Å². The van der Waals surface area contributed by atoms with Crippen LogP contribution in [0.15, 0.2) is 46.6 Å². The van der Waals surface area contributed by atoms with Gasteiger partial charge in [-0.15, -0.1) is 0 Å². The maximum Gasteiger partial charge on any atom is 0.123 e. The van der Waals surface area contributed by atoms with Crippen LogP contribution in [0, 0.1) is 13.8 Å². The fourth-order valence-corrected chi connectivity index (χ4v) is 3.86. The summed E-state index contributed by atoms with van der Waals surface area (Å²) in [4.78, 5) is 0. The van der Waals surface area contributed by atoms with Crippen molar-refractivity contribution in [1.82, 2.24) is 0 Å². The van der Waals surface area contributed by atoms with E-state index in [0.717, 1.165) is 35.7 Å². The molecule has 0 fully saturated rings. The van der Waals surface area contributed by atoms with Gasteiger partial charge in [0.1, 0.15) is 5.75 Å². The summed E-state index contributed by atoms with van der Waals surface area (Å²) in [5.41, 5.74) is 5.33. The number of nitrogens with zero attached hydrogens (tertiary/aromatic N) is 2. The molecule has 0 aliphatic rings. The number of rotatable bonds is 15. The lowest BCUT2D eigenvalue weighted by molar-refractivity contribution is 0.300. The minimum atomic E-state index is 0.381. The number of aryl methyl sites for hydroxylation is 2. The highest BCUT2D eigenvalue weighted by molar-refractivity contribution is 5.54. The average molecular weight is 437 g/mol. The molecule has 0 heterocycles. The molecule has 0 saturated carbocycles. The summed E-state index contributed by atoms with van der Waals surface area (Å²) in [6, 6.07) is 12.4. The molecular formula is C29H44N2O. The highest BCUT2D eigenvalue weighted by Gasteiger charge is 2.12. The summed E-state index contributed by atoms with van der Waals surface area (Å²) in [5.74, 6) is 1.38. The Labute approximate surface area is 196 Å². The highest BCUT2D eigenvalue weighted by atomic mass is 16.5. The van der Waals surface area contributed by atoms with Crippen molar-refractivity contribution in [3.05, 3.63) is 53.1 Å². The molecule has 2 aromatic carbocycles. The third-order valence-electron chi connectivity index (χ3n) is 6.01. The van der Waals surface area contributed by atoms with E-state index in [9.17, 15) is 0 Å². The van der Waals surface area contributed by atoms with Crippen LogP contribution in [-0.4, -0.2) is 6.61 Å². The molecule has 2 rings (SSSR count). The third-order valence-corrected chi connectivity index (χ3v) is 6.01. The first-order chi connectivity index (χ1) is 15.5. The molecule has 32 heavy (non-hydrogen) atoms. The topological polar surface area (TPSA) is 34.0 Å². The van der Waals surface area contributed by atoms with E-state index >= 15 is 0 Å². The van der Waals surface area contributed by atoms with Gasteiger partial charge < -0.3 is 4.74 Å². The van der Waals surface area contributed by atoms with Crippen LogP contribution in [0.3, 0.4) is 0 Å². The number of ether oxygens (including phenoxy) is 1. The maximum atomic E-state index is 6.21. The van der Waals surface area contributed by atoms with Crippen molar-refractivity contribution >= 4 is 11.4 Å². The van der Waals surface area contributed by atoms with Gasteiger partial charge in [-0.05, 0) is 61.6 Å². The summed E-state index contributed by atoms with van der Waals surface area (Å²) in [6.07, 6.45) is 13.4. The molecule has 0 aliphatic carbocycles. The lowest BCUT2D eigenvalue weighted by Gasteiger charge is -2.16. The molecule has 0 amide bonds. The molecule has 3 heteroatoms. The second-order valence-corrected chi connectivity index (χ2v) is 9.40. The van der Waals surface area contributed by atoms with Gasteiger partial charge in [0.25, 0.3) is 0 Å². The van der Waals surface area contributed by atoms with Crippen LogP contribution < -0.4 is 4.74 Å². The van der Waals surface area contributed by atoms with Gasteiger partial charge in [-0.1, -0.05) is 96.3 Å². The van der Waals surface area contributed by atoms with Gasteiger partial charge in [-0.25, -0.2) is 0 Å². The maximum absolute atomic E-state index is 6.21. The standard InChI is InChI=1S/C29H44N2O/c1-6-7-8-9-10-11-12-13-14-15-20-32-29-21-25(5)28(22-27(29)23(2)3)31-30-26-18-16-24(4)17-19-26/h16-19,21-23H,6-15,20H2,1-5H3. The van der Waals surface area contributed by atoms with E-state index in [-0.39, 0.29) is 0 Å². The summed E-state index contributed by atoms with van der Waals surface area (Å²) < 4.78 is 6.21. The summed E-state index contributed by atoms with van der Waals surface area (Å²) in [7, 11) is 0. The summed E-state index contributed by atoms with van der Waals surface area (Å²) in [6.45, 7) is 11.6. The van der Waals surface area contributed by atoms with E-state index in [1.54, 1.807) is 0 Å². The normalized spacial score (nSPS) is 11.6. The SMILES string of the molecule is CCCCCCCCCCCCOc1cc(C)c(N=Nc2ccc(C)cc2)cc1C(C)C. The van der Waals surface area contributed by atoms with Crippen molar-refractivity contribution < 1.29 is 4.74 Å². The fraction of sp³-hybridized carbons (Fsp3) is 0.586. The number of hydrogen-bond donors (Lipinski definition) is 0. The fourth-order valence-electron chi connectivity index (χ4n) is 3.86. The lowest BCUT2D eigenvalue weighted by Crippen LogP contribution is -2.02. The van der Waals surface area contributed by atoms with Gasteiger partial charge in [-0.2, -0.15) is 10.2 Å². The molecule has 0 saturated heterocycles. The van der Waals surface area contributed by atoms with E-state index in [0.29, 0.717) is 5.92 Å². The van der Waals surface area contributed by atoms with Crippen LogP contribution in [0.5, 0.6) is 5.75 Å². The van der Waals surface area contributed by atoms with Crippen LogP contribution in [-0.2, 0) is 0 Å². The highest BCUT2D eigenvalue weighted by Crippen LogP contribution is 2.34. The first-order valence-corrected chi connectivity index (χ1v) is 12.8.